The molecule has 3 N–H and O–H groups in total. The highest BCUT2D eigenvalue weighted by molar-refractivity contribution is 7.91. The van der Waals surface area contributed by atoms with Crippen LogP contribution in [0.5, 0.6) is 0 Å². The Bertz CT molecular complexity index is 1450. The van der Waals surface area contributed by atoms with Crippen molar-refractivity contribution >= 4 is 47.3 Å². The van der Waals surface area contributed by atoms with Gasteiger partial charge in [0.15, 0.2) is 9.84 Å². The zero-order chi connectivity index (χ0) is 27.3. The van der Waals surface area contributed by atoms with Gasteiger partial charge >= 0.3 is 0 Å². The van der Waals surface area contributed by atoms with E-state index in [1.54, 1.807) is 18.5 Å². The van der Waals surface area contributed by atoms with Crippen LogP contribution in [-0.4, -0.2) is 58.0 Å². The predicted octanol–water partition coefficient (Wildman–Crippen LogP) is 2.70. The maximum absolute atomic E-state index is 13.3. The molecule has 1 aromatic heterocycles. The second-order valence-electron chi connectivity index (χ2n) is 10.0. The van der Waals surface area contributed by atoms with Crippen molar-refractivity contribution in [3.05, 3.63) is 59.6 Å². The molecule has 2 heterocycles. The van der Waals surface area contributed by atoms with Gasteiger partial charge in [-0.3, -0.25) is 4.79 Å². The van der Waals surface area contributed by atoms with E-state index in [4.69, 9.17) is 0 Å². The summed E-state index contributed by atoms with van der Waals surface area (Å²) in [6, 6.07) is 14.2. The van der Waals surface area contributed by atoms with Gasteiger partial charge in [-0.2, -0.15) is 4.72 Å². The smallest absolute Gasteiger partial charge is 0.242 e. The fourth-order valence-electron chi connectivity index (χ4n) is 4.66. The highest BCUT2D eigenvalue weighted by Crippen LogP contribution is 2.22. The summed E-state index contributed by atoms with van der Waals surface area (Å²) in [6.45, 7) is 4.20. The number of sulfone groups is 1. The van der Waals surface area contributed by atoms with Crippen molar-refractivity contribution in [2.45, 2.75) is 50.2 Å². The molecule has 12 heteroatoms. The van der Waals surface area contributed by atoms with Crippen molar-refractivity contribution in [3.8, 4) is 0 Å². The Balaban J connectivity index is 1.50. The normalized spacial score (nSPS) is 18.7. The van der Waals surface area contributed by atoms with Crippen LogP contribution in [0.1, 0.15) is 32.3 Å². The fraction of sp³-hybridized carbons (Fsp3) is 0.462. The van der Waals surface area contributed by atoms with Crippen molar-refractivity contribution in [1.82, 2.24) is 20.3 Å². The van der Waals surface area contributed by atoms with Gasteiger partial charge in [0.2, 0.25) is 15.9 Å². The number of hydrogen-bond acceptors (Lipinski definition) is 8. The van der Waals surface area contributed by atoms with E-state index in [0.29, 0.717) is 11.9 Å². The summed E-state index contributed by atoms with van der Waals surface area (Å²) in [4.78, 5) is 17.4. The summed E-state index contributed by atoms with van der Waals surface area (Å²) >= 11 is 1.42. The molecule has 0 bridgehead atoms. The van der Waals surface area contributed by atoms with Gasteiger partial charge < -0.3 is 10.6 Å². The van der Waals surface area contributed by atoms with E-state index in [1.807, 2.05) is 37.3 Å². The Kier molecular flexibility index (Phi) is 9.19. The molecule has 9 nitrogen and oxygen atoms in total. The molecule has 3 aromatic rings. The molecule has 38 heavy (non-hydrogen) atoms. The molecule has 2 aromatic carbocycles. The minimum absolute atomic E-state index is 0.00974. The molecule has 1 fully saturated rings. The number of benzene rings is 2. The van der Waals surface area contributed by atoms with Gasteiger partial charge in [0, 0.05) is 12.0 Å². The molecule has 1 aliphatic heterocycles. The summed E-state index contributed by atoms with van der Waals surface area (Å²) in [5, 5.41) is 5.96. The molecule has 0 saturated carbocycles. The van der Waals surface area contributed by atoms with E-state index in [-0.39, 0.29) is 28.4 Å². The van der Waals surface area contributed by atoms with Gasteiger partial charge in [-0.05, 0) is 55.5 Å². The lowest BCUT2D eigenvalue weighted by Crippen LogP contribution is -2.53. The first-order valence-electron chi connectivity index (χ1n) is 12.7. The molecule has 0 spiro atoms. The van der Waals surface area contributed by atoms with E-state index >= 15 is 0 Å². The molecular weight excluding hydrogens is 545 g/mol. The van der Waals surface area contributed by atoms with Crippen molar-refractivity contribution in [1.29, 1.82) is 0 Å². The summed E-state index contributed by atoms with van der Waals surface area (Å²) in [7, 11) is -7.49. The maximum Gasteiger partial charge on any atom is 0.242 e. The number of rotatable bonds is 12. The maximum atomic E-state index is 13.3. The number of sulfonamides is 1. The number of nitrogens with one attached hydrogen (secondary N) is 3. The number of aromatic nitrogens is 1. The quantitative estimate of drug-likeness (QED) is 0.281. The number of fused-ring (bicyclic) bond motifs is 1. The standard InChI is InChI=1S/C26H34N4O5S3/c1-18(13-20-7-4-3-5-8-20)25(30-38(34,35)22-10-11-24-23(14-22)28-17-36-24)29-26(31)19(2)15-37(32,33)16-21-9-6-12-27-21/h3-5,7-8,10-11,14,17-19,21,25,27,30H,6,9,12-13,15-16H2,1-2H3,(H,29,31)/t18-,19?,21+,25-/m0/s1. The zero-order valence-electron chi connectivity index (χ0n) is 21.5. The average molecular weight is 579 g/mol. The summed E-state index contributed by atoms with van der Waals surface area (Å²) in [6.07, 6.45) is 1.28. The van der Waals surface area contributed by atoms with Crippen LogP contribution in [0.25, 0.3) is 10.2 Å². The minimum Gasteiger partial charge on any atom is -0.339 e. The van der Waals surface area contributed by atoms with Crippen LogP contribution in [0, 0.1) is 11.8 Å². The van der Waals surface area contributed by atoms with E-state index < -0.39 is 37.9 Å². The van der Waals surface area contributed by atoms with Crippen molar-refractivity contribution in [2.75, 3.05) is 18.1 Å². The Morgan fingerprint density at radius 1 is 1.13 bits per heavy atom. The van der Waals surface area contributed by atoms with E-state index in [2.05, 4.69) is 20.3 Å². The first-order chi connectivity index (χ1) is 18.0. The molecule has 1 saturated heterocycles. The third-order valence-corrected chi connectivity index (χ3v) is 10.9. The Morgan fingerprint density at radius 2 is 1.89 bits per heavy atom. The molecule has 1 unspecified atom stereocenters. The molecule has 0 radical (unpaired) electrons. The lowest BCUT2D eigenvalue weighted by atomic mass is 9.98. The topological polar surface area (TPSA) is 134 Å². The highest BCUT2D eigenvalue weighted by atomic mass is 32.2. The largest absolute Gasteiger partial charge is 0.339 e. The predicted molar refractivity (Wildman–Crippen MR) is 150 cm³/mol. The SMILES string of the molecule is CC(CS(=O)(=O)C[C@H]1CCCN1)C(=O)N[C@@H](NS(=O)(=O)c1ccc2scnc2c1)[C@@H](C)Cc1ccccc1. The number of thiazole rings is 1. The number of hydrogen-bond donors (Lipinski definition) is 3. The van der Waals surface area contributed by atoms with Crippen LogP contribution < -0.4 is 15.4 Å². The van der Waals surface area contributed by atoms with Crippen molar-refractivity contribution in [2.24, 2.45) is 11.8 Å². The van der Waals surface area contributed by atoms with E-state index in [9.17, 15) is 21.6 Å². The monoisotopic (exact) mass is 578 g/mol. The number of amides is 1. The Hall–Kier alpha value is -2.38. The molecule has 0 aliphatic carbocycles. The second kappa shape index (κ2) is 12.2. The van der Waals surface area contributed by atoms with Crippen molar-refractivity contribution in [3.63, 3.8) is 0 Å². The third kappa shape index (κ3) is 7.60. The summed E-state index contributed by atoms with van der Waals surface area (Å²) in [5.74, 6) is -2.00. The molecule has 4 atom stereocenters. The lowest BCUT2D eigenvalue weighted by molar-refractivity contribution is -0.125. The Morgan fingerprint density at radius 3 is 2.61 bits per heavy atom. The van der Waals surface area contributed by atoms with Crippen molar-refractivity contribution < 1.29 is 21.6 Å². The molecule has 206 valence electrons. The summed E-state index contributed by atoms with van der Waals surface area (Å²) < 4.78 is 55.7. The van der Waals surface area contributed by atoms with Gasteiger partial charge in [0.25, 0.3) is 0 Å². The van der Waals surface area contributed by atoms with Gasteiger partial charge in [-0.25, -0.2) is 21.8 Å². The van der Waals surface area contributed by atoms with E-state index in [1.165, 1.54) is 23.5 Å². The van der Waals surface area contributed by atoms with Crippen LogP contribution in [0.3, 0.4) is 0 Å². The van der Waals surface area contributed by atoms with E-state index in [0.717, 1.165) is 29.6 Å². The minimum atomic E-state index is -4.01. The zero-order valence-corrected chi connectivity index (χ0v) is 23.9. The van der Waals surface area contributed by atoms with Gasteiger partial charge in [-0.15, -0.1) is 11.3 Å². The van der Waals surface area contributed by atoms with Gasteiger partial charge in [0.1, 0.15) is 0 Å². The van der Waals surface area contributed by atoms with Crippen LogP contribution in [-0.2, 0) is 31.1 Å². The number of carbonyl (C=O) groups is 1. The fourth-order valence-corrected chi connectivity index (χ4v) is 8.54. The van der Waals surface area contributed by atoms with Crippen LogP contribution in [0.2, 0.25) is 0 Å². The lowest BCUT2D eigenvalue weighted by Gasteiger charge is -2.27. The molecule has 1 amide bonds. The second-order valence-corrected chi connectivity index (χ2v) is 14.8. The third-order valence-electron chi connectivity index (χ3n) is 6.73. The van der Waals surface area contributed by atoms with Gasteiger partial charge in [-0.1, -0.05) is 44.2 Å². The highest BCUT2D eigenvalue weighted by Gasteiger charge is 2.31. The molecule has 1 aliphatic rings. The number of carbonyl (C=O) groups excluding carboxylic acids is 1. The first kappa shape index (κ1) is 28.6. The van der Waals surface area contributed by atoms with Crippen LogP contribution in [0.4, 0.5) is 0 Å². The summed E-state index contributed by atoms with van der Waals surface area (Å²) in [5.41, 5.74) is 3.21. The number of nitrogens with zero attached hydrogens (tertiary/aromatic N) is 1. The first-order valence-corrected chi connectivity index (χ1v) is 16.8. The van der Waals surface area contributed by atoms with Crippen LogP contribution >= 0.6 is 11.3 Å². The van der Waals surface area contributed by atoms with Gasteiger partial charge in [0.05, 0.1) is 38.3 Å². The molecule has 4 rings (SSSR count). The Labute approximate surface area is 228 Å². The average Bonchev–Trinajstić information content (AvgIpc) is 3.54. The van der Waals surface area contributed by atoms with Crippen LogP contribution in [0.15, 0.2) is 58.9 Å². The molecular formula is C26H34N4O5S3.